The fourth-order valence-electron chi connectivity index (χ4n) is 2.54. The quantitative estimate of drug-likeness (QED) is 0.534. The van der Waals surface area contributed by atoms with E-state index in [2.05, 4.69) is 0 Å². The molecule has 3 rings (SSSR count). The van der Waals surface area contributed by atoms with Gasteiger partial charge in [-0.15, -0.1) is 0 Å². The lowest BCUT2D eigenvalue weighted by atomic mass is 9.99. The van der Waals surface area contributed by atoms with Crippen LogP contribution in [0.1, 0.15) is 21.5 Å². The Labute approximate surface area is 149 Å². The lowest BCUT2D eigenvalue weighted by Gasteiger charge is -2.14. The molecule has 0 aliphatic rings. The number of nitrogens with zero attached hydrogens (tertiary/aromatic N) is 1. The van der Waals surface area contributed by atoms with Gasteiger partial charge in [0.1, 0.15) is 11.3 Å². The summed E-state index contributed by atoms with van der Waals surface area (Å²) in [5.74, 6) is -0.251. The van der Waals surface area contributed by atoms with Crippen LogP contribution in [-0.2, 0) is 0 Å². The van der Waals surface area contributed by atoms with Gasteiger partial charge in [-0.2, -0.15) is 0 Å². The molecular formula is C20H17NO5. The van der Waals surface area contributed by atoms with E-state index in [-0.39, 0.29) is 22.7 Å². The Morgan fingerprint density at radius 1 is 1.04 bits per heavy atom. The Morgan fingerprint density at radius 2 is 1.73 bits per heavy atom. The molecule has 0 bridgehead atoms. The molecule has 1 aromatic heterocycles. The Bertz CT molecular complexity index is 1050. The molecule has 0 saturated heterocycles. The van der Waals surface area contributed by atoms with Crippen LogP contribution in [0.5, 0.6) is 5.75 Å². The van der Waals surface area contributed by atoms with Crippen molar-refractivity contribution in [3.05, 3.63) is 75.6 Å². The van der Waals surface area contributed by atoms with Gasteiger partial charge in [0.2, 0.25) is 0 Å². The van der Waals surface area contributed by atoms with Gasteiger partial charge in [0.15, 0.2) is 5.78 Å². The largest absolute Gasteiger partial charge is 0.423 e. The zero-order valence-corrected chi connectivity index (χ0v) is 14.6. The summed E-state index contributed by atoms with van der Waals surface area (Å²) in [4.78, 5) is 37.8. The average Bonchev–Trinajstić information content (AvgIpc) is 2.61. The number of hydrogen-bond donors (Lipinski definition) is 0. The fourth-order valence-corrected chi connectivity index (χ4v) is 2.54. The van der Waals surface area contributed by atoms with Crippen molar-refractivity contribution in [2.75, 3.05) is 14.1 Å². The monoisotopic (exact) mass is 351 g/mol. The van der Waals surface area contributed by atoms with Crippen molar-refractivity contribution >= 4 is 22.8 Å². The summed E-state index contributed by atoms with van der Waals surface area (Å²) < 4.78 is 10.5. The first-order valence-electron chi connectivity index (χ1n) is 7.94. The van der Waals surface area contributed by atoms with Gasteiger partial charge >= 0.3 is 11.7 Å². The SMILES string of the molecule is Cc1cc(=O)oc2cc(OC(=O)N(C)C)c(C(=O)c3ccccc3)cc12. The molecule has 0 fully saturated rings. The van der Waals surface area contributed by atoms with E-state index in [0.717, 1.165) is 0 Å². The third-order valence-corrected chi connectivity index (χ3v) is 3.89. The summed E-state index contributed by atoms with van der Waals surface area (Å²) in [6.07, 6.45) is -0.638. The van der Waals surface area contributed by atoms with Gasteiger partial charge in [0.25, 0.3) is 0 Å². The van der Waals surface area contributed by atoms with Crippen molar-refractivity contribution in [3.8, 4) is 5.75 Å². The number of ketones is 1. The molecule has 132 valence electrons. The highest BCUT2D eigenvalue weighted by atomic mass is 16.6. The number of ether oxygens (including phenoxy) is 1. The maximum Gasteiger partial charge on any atom is 0.414 e. The number of rotatable bonds is 3. The van der Waals surface area contributed by atoms with Gasteiger partial charge in [-0.05, 0) is 18.6 Å². The molecule has 6 nitrogen and oxygen atoms in total. The molecule has 6 heteroatoms. The topological polar surface area (TPSA) is 76.8 Å². The molecular weight excluding hydrogens is 334 g/mol. The van der Waals surface area contributed by atoms with Gasteiger partial charge in [-0.3, -0.25) is 4.79 Å². The number of aryl methyl sites for hydroxylation is 1. The van der Waals surface area contributed by atoms with E-state index in [0.29, 0.717) is 16.5 Å². The van der Waals surface area contributed by atoms with Crippen molar-refractivity contribution in [1.82, 2.24) is 4.90 Å². The van der Waals surface area contributed by atoms with Crippen LogP contribution in [0.2, 0.25) is 0 Å². The van der Waals surface area contributed by atoms with E-state index in [1.165, 1.54) is 31.1 Å². The Balaban J connectivity index is 2.22. The maximum atomic E-state index is 12.9. The minimum absolute atomic E-state index is 0.0406. The highest BCUT2D eigenvalue weighted by molar-refractivity contribution is 6.12. The molecule has 1 heterocycles. The van der Waals surface area contributed by atoms with Gasteiger partial charge in [0, 0.05) is 37.2 Å². The van der Waals surface area contributed by atoms with Crippen LogP contribution in [0.15, 0.2) is 57.7 Å². The summed E-state index contributed by atoms with van der Waals surface area (Å²) in [5, 5.41) is 0.605. The minimum atomic E-state index is -0.638. The molecule has 0 N–H and O–H groups in total. The predicted molar refractivity (Wildman–Crippen MR) is 96.8 cm³/mol. The van der Waals surface area contributed by atoms with Crippen molar-refractivity contribution in [2.45, 2.75) is 6.92 Å². The number of hydrogen-bond acceptors (Lipinski definition) is 5. The first kappa shape index (κ1) is 17.4. The second-order valence-electron chi connectivity index (χ2n) is 6.05. The summed E-state index contributed by atoms with van der Waals surface area (Å²) in [6.45, 7) is 1.75. The van der Waals surface area contributed by atoms with Crippen LogP contribution in [0.3, 0.4) is 0 Å². The number of fused-ring (bicyclic) bond motifs is 1. The zero-order valence-electron chi connectivity index (χ0n) is 14.6. The number of benzene rings is 2. The summed E-state index contributed by atoms with van der Waals surface area (Å²) in [7, 11) is 3.07. The average molecular weight is 351 g/mol. The molecule has 1 amide bonds. The Morgan fingerprint density at radius 3 is 2.38 bits per heavy atom. The lowest BCUT2D eigenvalue weighted by molar-refractivity contribution is 0.103. The van der Waals surface area contributed by atoms with Crippen molar-refractivity contribution in [1.29, 1.82) is 0 Å². The van der Waals surface area contributed by atoms with Crippen LogP contribution >= 0.6 is 0 Å². The number of carbonyl (C=O) groups is 2. The third kappa shape index (κ3) is 3.35. The van der Waals surface area contributed by atoms with E-state index in [4.69, 9.17) is 9.15 Å². The Hall–Kier alpha value is -3.41. The molecule has 0 radical (unpaired) electrons. The second-order valence-corrected chi connectivity index (χ2v) is 6.05. The first-order chi connectivity index (χ1) is 12.4. The normalized spacial score (nSPS) is 10.6. The van der Waals surface area contributed by atoms with Crippen LogP contribution in [0.4, 0.5) is 4.79 Å². The molecule has 0 atom stereocenters. The van der Waals surface area contributed by atoms with Crippen molar-refractivity contribution in [3.63, 3.8) is 0 Å². The van der Waals surface area contributed by atoms with E-state index in [9.17, 15) is 14.4 Å². The molecule has 0 aliphatic carbocycles. The highest BCUT2D eigenvalue weighted by Crippen LogP contribution is 2.29. The van der Waals surface area contributed by atoms with Crippen LogP contribution < -0.4 is 10.4 Å². The zero-order chi connectivity index (χ0) is 18.8. The van der Waals surface area contributed by atoms with E-state index >= 15 is 0 Å². The molecule has 0 saturated carbocycles. The number of carbonyl (C=O) groups excluding carboxylic acids is 2. The van der Waals surface area contributed by atoms with Crippen LogP contribution in [0.25, 0.3) is 11.0 Å². The smallest absolute Gasteiger partial charge is 0.414 e. The minimum Gasteiger partial charge on any atom is -0.423 e. The van der Waals surface area contributed by atoms with E-state index < -0.39 is 11.7 Å². The van der Waals surface area contributed by atoms with Crippen molar-refractivity contribution < 1.29 is 18.7 Å². The first-order valence-corrected chi connectivity index (χ1v) is 7.94. The predicted octanol–water partition coefficient (Wildman–Crippen LogP) is 3.39. The number of amides is 1. The maximum absolute atomic E-state index is 12.9. The van der Waals surface area contributed by atoms with Crippen LogP contribution in [0, 0.1) is 6.92 Å². The standard InChI is InChI=1S/C20H17NO5/c1-12-9-18(22)25-16-11-17(26-20(24)21(2)3)15(10-14(12)16)19(23)13-7-5-4-6-8-13/h4-11H,1-3H3. The van der Waals surface area contributed by atoms with E-state index in [1.807, 2.05) is 6.07 Å². The Kier molecular flexibility index (Phi) is 4.58. The lowest BCUT2D eigenvalue weighted by Crippen LogP contribution is -2.26. The van der Waals surface area contributed by atoms with Crippen LogP contribution in [-0.4, -0.2) is 30.9 Å². The van der Waals surface area contributed by atoms with E-state index in [1.54, 1.807) is 37.3 Å². The molecule has 0 aliphatic heterocycles. The molecule has 2 aromatic carbocycles. The molecule has 3 aromatic rings. The highest BCUT2D eigenvalue weighted by Gasteiger charge is 2.20. The van der Waals surface area contributed by atoms with Gasteiger partial charge in [-0.25, -0.2) is 9.59 Å². The summed E-state index contributed by atoms with van der Waals surface area (Å²) >= 11 is 0. The van der Waals surface area contributed by atoms with Gasteiger partial charge in [0.05, 0.1) is 5.56 Å². The summed E-state index contributed by atoms with van der Waals surface area (Å²) in [5.41, 5.74) is 1.09. The third-order valence-electron chi connectivity index (χ3n) is 3.89. The van der Waals surface area contributed by atoms with Crippen molar-refractivity contribution in [2.24, 2.45) is 0 Å². The van der Waals surface area contributed by atoms with Gasteiger partial charge in [-0.1, -0.05) is 30.3 Å². The second kappa shape index (κ2) is 6.84. The summed E-state index contributed by atoms with van der Waals surface area (Å²) in [6, 6.07) is 13.0. The molecule has 0 unspecified atom stereocenters. The van der Waals surface area contributed by atoms with Gasteiger partial charge < -0.3 is 14.1 Å². The molecule has 26 heavy (non-hydrogen) atoms. The molecule has 0 spiro atoms. The fraction of sp³-hybridized carbons (Fsp3) is 0.150.